The topological polar surface area (TPSA) is 76.9 Å². The van der Waals surface area contributed by atoms with Crippen molar-refractivity contribution in [2.75, 3.05) is 5.32 Å². The van der Waals surface area contributed by atoms with E-state index >= 15 is 0 Å². The molecule has 8 heteroatoms. The van der Waals surface area contributed by atoms with Crippen LogP contribution in [-0.2, 0) is 4.79 Å². The van der Waals surface area contributed by atoms with E-state index in [-0.39, 0.29) is 5.91 Å². The number of hydrogen-bond acceptors (Lipinski definition) is 4. The van der Waals surface area contributed by atoms with Gasteiger partial charge in [0.15, 0.2) is 0 Å². The van der Waals surface area contributed by atoms with Gasteiger partial charge in [0.05, 0.1) is 45.1 Å². The quantitative estimate of drug-likeness (QED) is 0.589. The highest BCUT2D eigenvalue weighted by molar-refractivity contribution is 6.42. The first-order valence-electron chi connectivity index (χ1n) is 9.71. The minimum absolute atomic E-state index is 0.267. The number of rotatable bonds is 4. The number of pyridine rings is 1. The fraction of sp³-hybridized carbons (Fsp3) is 0.273. The van der Waals surface area contributed by atoms with Crippen molar-refractivity contribution >= 4 is 40.6 Å². The maximum Gasteiger partial charge on any atom is 0.259 e. The largest absolute Gasteiger partial charge is 0.320 e. The van der Waals surface area contributed by atoms with E-state index in [2.05, 4.69) is 15.4 Å². The van der Waals surface area contributed by atoms with Crippen LogP contribution < -0.4 is 5.32 Å². The second-order valence-corrected chi connectivity index (χ2v) is 8.21. The molecule has 1 saturated carbocycles. The lowest BCUT2D eigenvalue weighted by atomic mass is 9.86. The molecule has 2 aromatic heterocycles. The molecule has 6 nitrogen and oxygen atoms in total. The van der Waals surface area contributed by atoms with E-state index in [1.807, 2.05) is 19.1 Å². The van der Waals surface area contributed by atoms with Gasteiger partial charge in [0.2, 0.25) is 0 Å². The van der Waals surface area contributed by atoms with Crippen LogP contribution in [0.25, 0.3) is 5.69 Å². The molecule has 30 heavy (non-hydrogen) atoms. The highest BCUT2D eigenvalue weighted by atomic mass is 35.5. The number of carbonyl (C=O) groups is 2. The Morgan fingerprint density at radius 2 is 1.87 bits per heavy atom. The van der Waals surface area contributed by atoms with Crippen molar-refractivity contribution in [2.24, 2.45) is 0 Å². The number of carbonyl (C=O) groups excluding carboxylic acids is 2. The Morgan fingerprint density at radius 1 is 1.10 bits per heavy atom. The van der Waals surface area contributed by atoms with Crippen molar-refractivity contribution in [3.63, 3.8) is 0 Å². The first-order valence-corrected chi connectivity index (χ1v) is 10.5. The molecule has 0 saturated heterocycles. The fourth-order valence-electron chi connectivity index (χ4n) is 3.66. The zero-order chi connectivity index (χ0) is 21.3. The molecule has 0 bridgehead atoms. The lowest BCUT2D eigenvalue weighted by Crippen LogP contribution is -2.15. The zero-order valence-corrected chi connectivity index (χ0v) is 17.9. The van der Waals surface area contributed by atoms with Gasteiger partial charge in [0.1, 0.15) is 5.78 Å². The van der Waals surface area contributed by atoms with E-state index in [1.54, 1.807) is 29.1 Å². The predicted octanol–water partition coefficient (Wildman–Crippen LogP) is 5.36. The number of nitrogens with one attached hydrogen (secondary N) is 1. The maximum absolute atomic E-state index is 12.7. The molecule has 0 unspecified atom stereocenters. The average Bonchev–Trinajstić information content (AvgIpc) is 3.13. The number of Topliss-reactive ketones (excluding diaryl/α,β-unsaturated/α-hetero) is 1. The number of ketones is 1. The van der Waals surface area contributed by atoms with Crippen LogP contribution in [0.5, 0.6) is 0 Å². The molecule has 0 atom stereocenters. The molecule has 1 N–H and O–H groups in total. The average molecular weight is 443 g/mol. The maximum atomic E-state index is 12.7. The summed E-state index contributed by atoms with van der Waals surface area (Å²) in [4.78, 5) is 28.7. The minimum Gasteiger partial charge on any atom is -0.320 e. The van der Waals surface area contributed by atoms with Crippen LogP contribution in [0.15, 0.2) is 42.7 Å². The molecular formula is C22H20Cl2N4O2. The van der Waals surface area contributed by atoms with Crippen LogP contribution in [0.1, 0.15) is 53.3 Å². The Bertz CT molecular complexity index is 1100. The predicted molar refractivity (Wildman–Crippen MR) is 117 cm³/mol. The Balaban J connectivity index is 1.47. The highest BCUT2D eigenvalue weighted by Gasteiger charge is 2.21. The molecule has 1 fully saturated rings. The number of aromatic nitrogens is 3. The van der Waals surface area contributed by atoms with Gasteiger partial charge in [-0.1, -0.05) is 23.2 Å². The standard InChI is InChI=1S/C22H20Cl2N4O2/c1-13-18(12-26-28(13)16-5-8-19(23)20(24)10-16)22(30)27-15-4-9-21(25-11-15)14-2-6-17(29)7-3-14/h4-5,8-12,14H,2-3,6-7H2,1H3,(H,27,30). The van der Waals surface area contributed by atoms with Crippen molar-refractivity contribution in [1.29, 1.82) is 0 Å². The first kappa shape index (κ1) is 20.6. The molecule has 1 aliphatic carbocycles. The van der Waals surface area contributed by atoms with Crippen LogP contribution in [-0.4, -0.2) is 26.5 Å². The molecule has 0 aliphatic heterocycles. The molecule has 1 aliphatic rings. The van der Waals surface area contributed by atoms with E-state index in [9.17, 15) is 9.59 Å². The van der Waals surface area contributed by atoms with Crippen molar-refractivity contribution in [3.05, 3.63) is 69.7 Å². The fourth-order valence-corrected chi connectivity index (χ4v) is 3.96. The summed E-state index contributed by atoms with van der Waals surface area (Å²) in [5.74, 6) is 0.364. The molecule has 2 heterocycles. The van der Waals surface area contributed by atoms with Gasteiger partial charge in [-0.2, -0.15) is 5.10 Å². The Hall–Kier alpha value is -2.70. The summed E-state index contributed by atoms with van der Waals surface area (Å²) in [6.45, 7) is 1.82. The third-order valence-electron chi connectivity index (χ3n) is 5.41. The third kappa shape index (κ3) is 4.25. The van der Waals surface area contributed by atoms with E-state index in [1.165, 1.54) is 6.20 Å². The number of anilines is 1. The number of hydrogen-bond donors (Lipinski definition) is 1. The molecule has 0 spiro atoms. The molecule has 1 amide bonds. The summed E-state index contributed by atoms with van der Waals surface area (Å²) in [7, 11) is 0. The van der Waals surface area contributed by atoms with Gasteiger partial charge in [0.25, 0.3) is 5.91 Å². The third-order valence-corrected chi connectivity index (χ3v) is 6.15. The minimum atomic E-state index is -0.267. The molecule has 1 aromatic carbocycles. The van der Waals surface area contributed by atoms with Gasteiger partial charge in [-0.05, 0) is 50.1 Å². The molecule has 0 radical (unpaired) electrons. The number of amides is 1. The van der Waals surface area contributed by atoms with Gasteiger partial charge in [-0.15, -0.1) is 0 Å². The number of halogens is 2. The summed E-state index contributed by atoms with van der Waals surface area (Å²) in [5, 5.41) is 8.05. The van der Waals surface area contributed by atoms with E-state index in [4.69, 9.17) is 23.2 Å². The van der Waals surface area contributed by atoms with Crippen LogP contribution in [0.3, 0.4) is 0 Å². The summed E-state index contributed by atoms with van der Waals surface area (Å²) in [6.07, 6.45) is 6.09. The van der Waals surface area contributed by atoms with Gasteiger partial charge in [0, 0.05) is 24.5 Å². The SMILES string of the molecule is Cc1c(C(=O)Nc2ccc(C3CCC(=O)CC3)nc2)cnn1-c1ccc(Cl)c(Cl)c1. The zero-order valence-electron chi connectivity index (χ0n) is 16.4. The Kier molecular flexibility index (Phi) is 5.88. The lowest BCUT2D eigenvalue weighted by molar-refractivity contribution is -0.120. The molecular weight excluding hydrogens is 423 g/mol. The Labute approximate surface area is 184 Å². The van der Waals surface area contributed by atoms with Crippen LogP contribution in [0.2, 0.25) is 10.0 Å². The highest BCUT2D eigenvalue weighted by Crippen LogP contribution is 2.30. The first-order chi connectivity index (χ1) is 14.4. The van der Waals surface area contributed by atoms with Crippen molar-refractivity contribution < 1.29 is 9.59 Å². The second-order valence-electron chi connectivity index (χ2n) is 7.39. The summed E-state index contributed by atoms with van der Waals surface area (Å²) in [6, 6.07) is 8.94. The lowest BCUT2D eigenvalue weighted by Gasteiger charge is -2.20. The van der Waals surface area contributed by atoms with Gasteiger partial charge in [-0.25, -0.2) is 4.68 Å². The van der Waals surface area contributed by atoms with Crippen molar-refractivity contribution in [2.45, 2.75) is 38.5 Å². The monoisotopic (exact) mass is 442 g/mol. The van der Waals surface area contributed by atoms with Crippen LogP contribution >= 0.6 is 23.2 Å². The van der Waals surface area contributed by atoms with Gasteiger partial charge < -0.3 is 5.32 Å². The van der Waals surface area contributed by atoms with E-state index in [0.29, 0.717) is 51.5 Å². The Morgan fingerprint density at radius 3 is 2.53 bits per heavy atom. The molecule has 3 aromatic rings. The normalized spacial score (nSPS) is 14.7. The number of nitrogens with zero attached hydrogens (tertiary/aromatic N) is 3. The van der Waals surface area contributed by atoms with Gasteiger partial charge in [-0.3, -0.25) is 14.6 Å². The van der Waals surface area contributed by atoms with Crippen LogP contribution in [0, 0.1) is 6.92 Å². The smallest absolute Gasteiger partial charge is 0.259 e. The number of benzene rings is 1. The van der Waals surface area contributed by atoms with Crippen molar-refractivity contribution in [3.8, 4) is 5.69 Å². The second kappa shape index (κ2) is 8.58. The molecule has 4 rings (SSSR count). The van der Waals surface area contributed by atoms with E-state index < -0.39 is 0 Å². The summed E-state index contributed by atoms with van der Waals surface area (Å²) < 4.78 is 1.64. The molecule has 154 valence electrons. The van der Waals surface area contributed by atoms with Crippen LogP contribution in [0.4, 0.5) is 5.69 Å². The van der Waals surface area contributed by atoms with Gasteiger partial charge >= 0.3 is 0 Å². The van der Waals surface area contributed by atoms with E-state index in [0.717, 1.165) is 24.2 Å². The summed E-state index contributed by atoms with van der Waals surface area (Å²) >= 11 is 12.1. The van der Waals surface area contributed by atoms with Crippen molar-refractivity contribution in [1.82, 2.24) is 14.8 Å². The summed E-state index contributed by atoms with van der Waals surface area (Å²) in [5.41, 5.74) is 3.43.